The fraction of sp³-hybridized carbons (Fsp3) is 0.375. The van der Waals surface area contributed by atoms with Crippen LogP contribution in [0.3, 0.4) is 0 Å². The van der Waals surface area contributed by atoms with Crippen molar-refractivity contribution in [2.75, 3.05) is 0 Å². The molecular formula is C16H17FN2OS. The lowest BCUT2D eigenvalue weighted by Crippen LogP contribution is -2.31. The standard InChI is InChI=1S/C16H17FN2OS/c1-10-9-21-16(18-10)15(12-4-5-12)19-14(20)8-11-2-6-13(17)7-3-11/h2-3,6-7,9,12,15H,4-5,8H2,1H3,(H,19,20)/t15-/m1/s1. The van der Waals surface area contributed by atoms with Crippen LogP contribution in [0.5, 0.6) is 0 Å². The Bertz CT molecular complexity index is 634. The summed E-state index contributed by atoms with van der Waals surface area (Å²) in [5.74, 6) is 0.187. The van der Waals surface area contributed by atoms with E-state index >= 15 is 0 Å². The second-order valence-electron chi connectivity index (χ2n) is 5.51. The number of nitrogens with zero attached hydrogens (tertiary/aromatic N) is 1. The number of halogens is 1. The summed E-state index contributed by atoms with van der Waals surface area (Å²) in [6, 6.07) is 6.08. The minimum absolute atomic E-state index is 0.0247. The van der Waals surface area contributed by atoms with Gasteiger partial charge in [-0.2, -0.15) is 0 Å². The second-order valence-corrected chi connectivity index (χ2v) is 6.40. The van der Waals surface area contributed by atoms with Gasteiger partial charge in [-0.05, 0) is 43.4 Å². The summed E-state index contributed by atoms with van der Waals surface area (Å²) in [7, 11) is 0. The Morgan fingerprint density at radius 3 is 2.71 bits per heavy atom. The molecule has 1 aromatic heterocycles. The van der Waals surface area contributed by atoms with Crippen LogP contribution in [0.4, 0.5) is 4.39 Å². The van der Waals surface area contributed by atoms with Gasteiger partial charge >= 0.3 is 0 Å². The van der Waals surface area contributed by atoms with E-state index in [1.165, 1.54) is 12.1 Å². The van der Waals surface area contributed by atoms with Crippen molar-refractivity contribution < 1.29 is 9.18 Å². The van der Waals surface area contributed by atoms with Crippen molar-refractivity contribution in [2.24, 2.45) is 5.92 Å². The number of hydrogen-bond acceptors (Lipinski definition) is 3. The minimum atomic E-state index is -0.284. The average molecular weight is 304 g/mol. The van der Waals surface area contributed by atoms with Gasteiger partial charge in [0, 0.05) is 11.1 Å². The summed E-state index contributed by atoms with van der Waals surface area (Å²) in [6.07, 6.45) is 2.55. The summed E-state index contributed by atoms with van der Waals surface area (Å²) >= 11 is 1.60. The van der Waals surface area contributed by atoms with Crippen LogP contribution >= 0.6 is 11.3 Å². The third-order valence-electron chi connectivity index (χ3n) is 3.59. The first-order valence-corrected chi connectivity index (χ1v) is 7.95. The van der Waals surface area contributed by atoms with Gasteiger partial charge in [0.2, 0.25) is 5.91 Å². The lowest BCUT2D eigenvalue weighted by atomic mass is 10.1. The third kappa shape index (κ3) is 3.67. The van der Waals surface area contributed by atoms with Gasteiger partial charge in [-0.3, -0.25) is 4.79 Å². The van der Waals surface area contributed by atoms with E-state index in [2.05, 4.69) is 10.3 Å². The van der Waals surface area contributed by atoms with Crippen molar-refractivity contribution >= 4 is 17.2 Å². The molecule has 1 amide bonds. The second kappa shape index (κ2) is 5.93. The number of benzene rings is 1. The number of aryl methyl sites for hydroxylation is 1. The summed E-state index contributed by atoms with van der Waals surface area (Å²) in [4.78, 5) is 16.7. The lowest BCUT2D eigenvalue weighted by molar-refractivity contribution is -0.121. The van der Waals surface area contributed by atoms with Crippen LogP contribution in [0.15, 0.2) is 29.6 Å². The first-order valence-electron chi connectivity index (χ1n) is 7.07. The molecule has 0 aliphatic heterocycles. The maximum absolute atomic E-state index is 12.9. The molecule has 1 aromatic carbocycles. The molecule has 3 rings (SSSR count). The predicted octanol–water partition coefficient (Wildman–Crippen LogP) is 3.40. The van der Waals surface area contributed by atoms with E-state index in [9.17, 15) is 9.18 Å². The average Bonchev–Trinajstić information content (AvgIpc) is 3.21. The number of rotatable bonds is 5. The van der Waals surface area contributed by atoms with Gasteiger partial charge in [0.15, 0.2) is 0 Å². The first-order chi connectivity index (χ1) is 10.1. The molecule has 3 nitrogen and oxygen atoms in total. The van der Waals surface area contributed by atoms with Crippen LogP contribution in [0, 0.1) is 18.7 Å². The number of amides is 1. The Kier molecular flexibility index (Phi) is 4.01. The topological polar surface area (TPSA) is 42.0 Å². The van der Waals surface area contributed by atoms with E-state index in [0.29, 0.717) is 5.92 Å². The molecule has 0 bridgehead atoms. The SMILES string of the molecule is Cc1csc([C@H](NC(=O)Cc2ccc(F)cc2)C2CC2)n1. The molecule has 0 radical (unpaired) electrons. The van der Waals surface area contributed by atoms with Crippen LogP contribution in [-0.4, -0.2) is 10.9 Å². The maximum Gasteiger partial charge on any atom is 0.224 e. The smallest absolute Gasteiger partial charge is 0.224 e. The van der Waals surface area contributed by atoms with Crippen molar-refractivity contribution in [3.05, 3.63) is 51.7 Å². The van der Waals surface area contributed by atoms with Gasteiger partial charge in [-0.25, -0.2) is 9.37 Å². The number of nitrogens with one attached hydrogen (secondary N) is 1. The molecule has 1 aliphatic rings. The van der Waals surface area contributed by atoms with E-state index < -0.39 is 0 Å². The van der Waals surface area contributed by atoms with E-state index in [-0.39, 0.29) is 24.2 Å². The van der Waals surface area contributed by atoms with Gasteiger partial charge in [-0.15, -0.1) is 11.3 Å². The molecule has 1 atom stereocenters. The highest BCUT2D eigenvalue weighted by atomic mass is 32.1. The molecule has 1 heterocycles. The monoisotopic (exact) mass is 304 g/mol. The Hall–Kier alpha value is -1.75. The summed E-state index contributed by atoms with van der Waals surface area (Å²) < 4.78 is 12.9. The number of aromatic nitrogens is 1. The Balaban J connectivity index is 1.65. The number of carbonyl (C=O) groups is 1. The number of carbonyl (C=O) groups excluding carboxylic acids is 1. The zero-order valence-electron chi connectivity index (χ0n) is 11.8. The van der Waals surface area contributed by atoms with Crippen LogP contribution < -0.4 is 5.32 Å². The highest BCUT2D eigenvalue weighted by Crippen LogP contribution is 2.41. The molecule has 1 fully saturated rings. The van der Waals surface area contributed by atoms with Crippen molar-refractivity contribution in [2.45, 2.75) is 32.2 Å². The maximum atomic E-state index is 12.9. The Labute approximate surface area is 127 Å². The van der Waals surface area contributed by atoms with Gasteiger partial charge < -0.3 is 5.32 Å². The fourth-order valence-electron chi connectivity index (χ4n) is 2.34. The predicted molar refractivity (Wildman–Crippen MR) is 80.6 cm³/mol. The van der Waals surface area contributed by atoms with Crippen molar-refractivity contribution in [3.63, 3.8) is 0 Å². The molecule has 1 N–H and O–H groups in total. The van der Waals surface area contributed by atoms with Crippen LogP contribution in [0.2, 0.25) is 0 Å². The Morgan fingerprint density at radius 1 is 1.43 bits per heavy atom. The van der Waals surface area contributed by atoms with Crippen LogP contribution in [-0.2, 0) is 11.2 Å². The highest BCUT2D eigenvalue weighted by Gasteiger charge is 2.35. The van der Waals surface area contributed by atoms with Gasteiger partial charge in [0.1, 0.15) is 10.8 Å². The highest BCUT2D eigenvalue weighted by molar-refractivity contribution is 7.09. The van der Waals surface area contributed by atoms with E-state index in [0.717, 1.165) is 29.1 Å². The Morgan fingerprint density at radius 2 is 2.14 bits per heavy atom. The number of thiazole rings is 1. The summed E-state index contributed by atoms with van der Waals surface area (Å²) in [6.45, 7) is 1.96. The van der Waals surface area contributed by atoms with Crippen molar-refractivity contribution in [1.29, 1.82) is 0 Å². The molecule has 0 saturated heterocycles. The van der Waals surface area contributed by atoms with Crippen LogP contribution in [0.25, 0.3) is 0 Å². The molecule has 2 aromatic rings. The quantitative estimate of drug-likeness (QED) is 0.920. The normalized spacial score (nSPS) is 15.7. The van der Waals surface area contributed by atoms with Crippen molar-refractivity contribution in [1.82, 2.24) is 10.3 Å². The molecule has 0 spiro atoms. The third-order valence-corrected chi connectivity index (χ3v) is 4.64. The van der Waals surface area contributed by atoms with E-state index in [4.69, 9.17) is 0 Å². The number of hydrogen-bond donors (Lipinski definition) is 1. The van der Waals surface area contributed by atoms with E-state index in [1.54, 1.807) is 23.5 Å². The zero-order chi connectivity index (χ0) is 14.8. The summed E-state index contributed by atoms with van der Waals surface area (Å²) in [5.41, 5.74) is 1.81. The van der Waals surface area contributed by atoms with E-state index in [1.807, 2.05) is 12.3 Å². The molecule has 5 heteroatoms. The molecule has 0 unspecified atom stereocenters. The van der Waals surface area contributed by atoms with Crippen LogP contribution in [0.1, 0.15) is 35.1 Å². The largest absolute Gasteiger partial charge is 0.346 e. The molecular weight excluding hydrogens is 287 g/mol. The van der Waals surface area contributed by atoms with Crippen molar-refractivity contribution in [3.8, 4) is 0 Å². The first kappa shape index (κ1) is 14.2. The minimum Gasteiger partial charge on any atom is -0.346 e. The molecule has 1 saturated carbocycles. The summed E-state index contributed by atoms with van der Waals surface area (Å²) in [5, 5.41) is 6.09. The molecule has 21 heavy (non-hydrogen) atoms. The lowest BCUT2D eigenvalue weighted by Gasteiger charge is -2.16. The molecule has 110 valence electrons. The van der Waals surface area contributed by atoms with Gasteiger partial charge in [0.05, 0.1) is 12.5 Å². The molecule has 1 aliphatic carbocycles. The fourth-order valence-corrected chi connectivity index (χ4v) is 3.28. The van der Waals surface area contributed by atoms with Gasteiger partial charge in [-0.1, -0.05) is 12.1 Å². The van der Waals surface area contributed by atoms with Gasteiger partial charge in [0.25, 0.3) is 0 Å². The zero-order valence-corrected chi connectivity index (χ0v) is 12.6.